The van der Waals surface area contributed by atoms with Crippen LogP contribution in [0.15, 0.2) is 30.5 Å². The quantitative estimate of drug-likeness (QED) is 0.946. The van der Waals surface area contributed by atoms with Crippen LogP contribution in [0.4, 0.5) is 5.69 Å². The number of amides is 1. The molecule has 0 radical (unpaired) electrons. The number of nitrogens with zero attached hydrogens (tertiary/aromatic N) is 2. The van der Waals surface area contributed by atoms with Crippen LogP contribution in [0, 0.1) is 5.92 Å². The van der Waals surface area contributed by atoms with E-state index in [1.807, 2.05) is 51.2 Å². The molecule has 23 heavy (non-hydrogen) atoms. The zero-order chi connectivity index (χ0) is 16.6. The molecule has 5 heteroatoms. The first kappa shape index (κ1) is 15.6. The van der Waals surface area contributed by atoms with Gasteiger partial charge in [0, 0.05) is 35.9 Å². The van der Waals surface area contributed by atoms with E-state index < -0.39 is 0 Å². The van der Waals surface area contributed by atoms with Crippen LogP contribution in [0.2, 0.25) is 0 Å². The summed E-state index contributed by atoms with van der Waals surface area (Å²) in [6.45, 7) is 7.48. The average Bonchev–Trinajstić information content (AvgIpc) is 2.43. The van der Waals surface area contributed by atoms with Gasteiger partial charge >= 0.3 is 0 Å². The van der Waals surface area contributed by atoms with Crippen molar-refractivity contribution in [2.45, 2.75) is 26.3 Å². The number of hydrogen-bond acceptors (Lipinski definition) is 4. The number of aromatic nitrogens is 1. The number of rotatable bonds is 3. The van der Waals surface area contributed by atoms with Crippen LogP contribution in [0.1, 0.15) is 20.8 Å². The Kier molecular flexibility index (Phi) is 3.88. The summed E-state index contributed by atoms with van der Waals surface area (Å²) in [7, 11) is 1.66. The smallest absolute Gasteiger partial charge is 0.227 e. The molecule has 1 fully saturated rings. The standard InChI is InChI=1S/C18H23N3O2/c1-18(2,3)20-17(22)12-10-21(11-12)16-7-8-19-15-6-5-13(23-4)9-14(15)16/h5-9,12H,10-11H2,1-4H3,(H,20,22). The van der Waals surface area contributed by atoms with E-state index >= 15 is 0 Å². The largest absolute Gasteiger partial charge is 0.497 e. The van der Waals surface area contributed by atoms with Crippen molar-refractivity contribution < 1.29 is 9.53 Å². The molecule has 0 saturated carbocycles. The lowest BCUT2D eigenvalue weighted by molar-refractivity contribution is -0.127. The molecule has 3 rings (SSSR count). The first-order valence-electron chi connectivity index (χ1n) is 7.87. The molecule has 2 aromatic rings. The first-order valence-corrected chi connectivity index (χ1v) is 7.87. The topological polar surface area (TPSA) is 54.5 Å². The number of methoxy groups -OCH3 is 1. The Morgan fingerprint density at radius 2 is 2.04 bits per heavy atom. The molecule has 1 aliphatic rings. The second-order valence-corrected chi connectivity index (χ2v) is 7.05. The van der Waals surface area contributed by atoms with Crippen LogP contribution in [0.5, 0.6) is 5.75 Å². The zero-order valence-corrected chi connectivity index (χ0v) is 14.1. The van der Waals surface area contributed by atoms with E-state index in [4.69, 9.17) is 4.74 Å². The Hall–Kier alpha value is -2.30. The Morgan fingerprint density at radius 1 is 1.30 bits per heavy atom. The van der Waals surface area contributed by atoms with Crippen LogP contribution in [0.3, 0.4) is 0 Å². The maximum absolute atomic E-state index is 12.2. The molecular weight excluding hydrogens is 290 g/mol. The molecule has 5 nitrogen and oxygen atoms in total. The van der Waals surface area contributed by atoms with E-state index in [0.29, 0.717) is 0 Å². The number of ether oxygens (including phenoxy) is 1. The molecule has 0 unspecified atom stereocenters. The first-order chi connectivity index (χ1) is 10.9. The van der Waals surface area contributed by atoms with Crippen molar-refractivity contribution in [2.75, 3.05) is 25.1 Å². The van der Waals surface area contributed by atoms with E-state index in [-0.39, 0.29) is 17.4 Å². The lowest BCUT2D eigenvalue weighted by atomic mass is 9.95. The minimum atomic E-state index is -0.186. The molecule has 0 atom stereocenters. The molecule has 0 spiro atoms. The number of hydrogen-bond donors (Lipinski definition) is 1. The Balaban J connectivity index is 1.77. The summed E-state index contributed by atoms with van der Waals surface area (Å²) < 4.78 is 5.31. The van der Waals surface area contributed by atoms with Crippen molar-refractivity contribution in [3.05, 3.63) is 30.5 Å². The van der Waals surface area contributed by atoms with Crippen LogP contribution in [0.25, 0.3) is 10.9 Å². The molecule has 0 bridgehead atoms. The van der Waals surface area contributed by atoms with Gasteiger partial charge in [-0.05, 0) is 45.0 Å². The third kappa shape index (κ3) is 3.23. The number of carbonyl (C=O) groups excluding carboxylic acids is 1. The van der Waals surface area contributed by atoms with Gasteiger partial charge in [0.15, 0.2) is 0 Å². The number of fused-ring (bicyclic) bond motifs is 1. The van der Waals surface area contributed by atoms with Gasteiger partial charge in [-0.15, -0.1) is 0 Å². The van der Waals surface area contributed by atoms with Gasteiger partial charge < -0.3 is 15.0 Å². The highest BCUT2D eigenvalue weighted by Crippen LogP contribution is 2.33. The minimum Gasteiger partial charge on any atom is -0.497 e. The Morgan fingerprint density at radius 3 is 2.70 bits per heavy atom. The molecule has 1 amide bonds. The maximum Gasteiger partial charge on any atom is 0.227 e. The van der Waals surface area contributed by atoms with Crippen molar-refractivity contribution in [1.29, 1.82) is 0 Å². The van der Waals surface area contributed by atoms with Crippen molar-refractivity contribution in [2.24, 2.45) is 5.92 Å². The molecule has 122 valence electrons. The number of nitrogens with one attached hydrogen (secondary N) is 1. The van der Waals surface area contributed by atoms with Gasteiger partial charge in [0.25, 0.3) is 0 Å². The minimum absolute atomic E-state index is 0.0445. The highest BCUT2D eigenvalue weighted by Gasteiger charge is 2.34. The third-order valence-corrected chi connectivity index (χ3v) is 4.02. The fourth-order valence-electron chi connectivity index (χ4n) is 2.83. The molecular formula is C18H23N3O2. The fourth-order valence-corrected chi connectivity index (χ4v) is 2.83. The van der Waals surface area contributed by atoms with Gasteiger partial charge in [-0.2, -0.15) is 0 Å². The number of benzene rings is 1. The van der Waals surface area contributed by atoms with E-state index in [2.05, 4.69) is 15.2 Å². The summed E-state index contributed by atoms with van der Waals surface area (Å²) in [4.78, 5) is 18.8. The predicted molar refractivity (Wildman–Crippen MR) is 91.9 cm³/mol. The Labute approximate surface area is 136 Å². The summed E-state index contributed by atoms with van der Waals surface area (Å²) in [6.07, 6.45) is 1.81. The van der Waals surface area contributed by atoms with Gasteiger partial charge in [-0.3, -0.25) is 9.78 Å². The molecule has 1 aromatic carbocycles. The second kappa shape index (κ2) is 5.72. The van der Waals surface area contributed by atoms with Crippen LogP contribution in [-0.4, -0.2) is 36.6 Å². The zero-order valence-electron chi connectivity index (χ0n) is 14.1. The normalized spacial score (nSPS) is 15.4. The predicted octanol–water partition coefficient (Wildman–Crippen LogP) is 2.59. The molecule has 0 aliphatic carbocycles. The van der Waals surface area contributed by atoms with Crippen molar-refractivity contribution in [3.8, 4) is 5.75 Å². The SMILES string of the molecule is COc1ccc2nccc(N3CC(C(=O)NC(C)(C)C)C3)c2c1. The van der Waals surface area contributed by atoms with Gasteiger partial charge in [-0.25, -0.2) is 0 Å². The highest BCUT2D eigenvalue weighted by molar-refractivity contribution is 5.94. The van der Waals surface area contributed by atoms with Crippen LogP contribution < -0.4 is 15.0 Å². The summed E-state index contributed by atoms with van der Waals surface area (Å²) in [6, 6.07) is 7.87. The molecule has 1 saturated heterocycles. The van der Waals surface area contributed by atoms with Gasteiger partial charge in [0.2, 0.25) is 5.91 Å². The molecule has 1 aromatic heterocycles. The molecule has 2 heterocycles. The van der Waals surface area contributed by atoms with Crippen molar-refractivity contribution in [3.63, 3.8) is 0 Å². The number of carbonyl (C=O) groups is 1. The summed E-state index contributed by atoms with van der Waals surface area (Å²) in [5, 5.41) is 4.11. The van der Waals surface area contributed by atoms with E-state index in [1.165, 1.54) is 0 Å². The van der Waals surface area contributed by atoms with E-state index in [0.717, 1.165) is 35.4 Å². The van der Waals surface area contributed by atoms with Crippen molar-refractivity contribution in [1.82, 2.24) is 10.3 Å². The average molecular weight is 313 g/mol. The van der Waals surface area contributed by atoms with Gasteiger partial charge in [0.1, 0.15) is 5.75 Å². The molecule has 1 aliphatic heterocycles. The van der Waals surface area contributed by atoms with Gasteiger partial charge in [0.05, 0.1) is 18.5 Å². The monoisotopic (exact) mass is 313 g/mol. The highest BCUT2D eigenvalue weighted by atomic mass is 16.5. The second-order valence-electron chi connectivity index (χ2n) is 7.05. The third-order valence-electron chi connectivity index (χ3n) is 4.02. The maximum atomic E-state index is 12.2. The molecule has 1 N–H and O–H groups in total. The van der Waals surface area contributed by atoms with Crippen molar-refractivity contribution >= 4 is 22.5 Å². The lowest BCUT2D eigenvalue weighted by Gasteiger charge is -2.41. The van der Waals surface area contributed by atoms with E-state index in [9.17, 15) is 4.79 Å². The fraction of sp³-hybridized carbons (Fsp3) is 0.444. The summed E-state index contributed by atoms with van der Waals surface area (Å²) in [5.74, 6) is 0.988. The van der Waals surface area contributed by atoms with Crippen LogP contribution >= 0.6 is 0 Å². The van der Waals surface area contributed by atoms with E-state index in [1.54, 1.807) is 7.11 Å². The number of pyridine rings is 1. The number of anilines is 1. The van der Waals surface area contributed by atoms with Gasteiger partial charge in [-0.1, -0.05) is 0 Å². The van der Waals surface area contributed by atoms with Crippen LogP contribution in [-0.2, 0) is 4.79 Å². The Bertz CT molecular complexity index is 731. The lowest BCUT2D eigenvalue weighted by Crippen LogP contribution is -2.56. The summed E-state index contributed by atoms with van der Waals surface area (Å²) in [5.41, 5.74) is 1.86. The summed E-state index contributed by atoms with van der Waals surface area (Å²) >= 11 is 0.